The average molecular weight is 276 g/mol. The van der Waals surface area contributed by atoms with E-state index in [-0.39, 0.29) is 0 Å². The Morgan fingerprint density at radius 3 is 2.62 bits per heavy atom. The molecule has 2 heteroatoms. The van der Waals surface area contributed by atoms with Crippen molar-refractivity contribution < 1.29 is 0 Å². The molecule has 2 aromatic carbocycles. The molecule has 0 aliphatic carbocycles. The van der Waals surface area contributed by atoms with Gasteiger partial charge in [0.1, 0.15) is 5.82 Å². The molecule has 0 saturated carbocycles. The molecule has 21 heavy (non-hydrogen) atoms. The summed E-state index contributed by atoms with van der Waals surface area (Å²) in [5.74, 6) is 1.24. The van der Waals surface area contributed by atoms with E-state index in [1.165, 1.54) is 33.6 Å². The first kappa shape index (κ1) is 12.6. The van der Waals surface area contributed by atoms with Crippen LogP contribution in [0.3, 0.4) is 0 Å². The van der Waals surface area contributed by atoms with Gasteiger partial charge in [-0.05, 0) is 56.0 Å². The number of rotatable bonds is 1. The average Bonchev–Trinajstić information content (AvgIpc) is 3.01. The molecule has 2 heterocycles. The second-order valence-corrected chi connectivity index (χ2v) is 6.30. The van der Waals surface area contributed by atoms with Gasteiger partial charge in [0.25, 0.3) is 0 Å². The Balaban J connectivity index is 1.94. The smallest absolute Gasteiger partial charge is 0.110 e. The van der Waals surface area contributed by atoms with Crippen molar-refractivity contribution in [2.45, 2.75) is 39.7 Å². The highest BCUT2D eigenvalue weighted by Gasteiger charge is 2.27. The minimum absolute atomic E-state index is 0.437. The standard InChI is InChI=1S/C19H20N2/c1-12-4-6-14(3)15(10-12)17-8-9-19-20-16-7-5-13(2)11-18(16)21(17)19/h4-7,10-11,17H,8-9H2,1-3H3. The van der Waals surface area contributed by atoms with Gasteiger partial charge >= 0.3 is 0 Å². The summed E-state index contributed by atoms with van der Waals surface area (Å²) in [6, 6.07) is 13.8. The summed E-state index contributed by atoms with van der Waals surface area (Å²) in [5.41, 5.74) is 7.89. The Bertz CT molecular complexity index is 842. The van der Waals surface area contributed by atoms with Crippen LogP contribution in [0.15, 0.2) is 36.4 Å². The number of imidazole rings is 1. The molecular formula is C19H20N2. The summed E-state index contributed by atoms with van der Waals surface area (Å²) in [6.07, 6.45) is 2.24. The lowest BCUT2D eigenvalue weighted by molar-refractivity contribution is 0.632. The molecule has 1 atom stereocenters. The maximum absolute atomic E-state index is 4.83. The molecule has 0 amide bonds. The van der Waals surface area contributed by atoms with Gasteiger partial charge < -0.3 is 4.57 Å². The molecule has 3 aromatic rings. The SMILES string of the molecule is Cc1ccc(C)c(C2CCc3nc4ccc(C)cc4n32)c1. The molecule has 4 rings (SSSR count). The van der Waals surface area contributed by atoms with Gasteiger partial charge in [-0.25, -0.2) is 4.98 Å². The zero-order chi connectivity index (χ0) is 14.6. The first-order chi connectivity index (χ1) is 10.1. The first-order valence-corrected chi connectivity index (χ1v) is 7.68. The summed E-state index contributed by atoms with van der Waals surface area (Å²) in [6.45, 7) is 6.55. The third-order valence-corrected chi connectivity index (χ3v) is 4.66. The lowest BCUT2D eigenvalue weighted by Crippen LogP contribution is -2.07. The van der Waals surface area contributed by atoms with Crippen LogP contribution in [0, 0.1) is 20.8 Å². The summed E-state index contributed by atoms with van der Waals surface area (Å²) in [7, 11) is 0. The number of aromatic nitrogens is 2. The van der Waals surface area contributed by atoms with Crippen LogP contribution in [0.5, 0.6) is 0 Å². The molecule has 1 aromatic heterocycles. The lowest BCUT2D eigenvalue weighted by Gasteiger charge is -2.18. The van der Waals surface area contributed by atoms with E-state index < -0.39 is 0 Å². The fourth-order valence-electron chi connectivity index (χ4n) is 3.59. The molecule has 0 fully saturated rings. The van der Waals surface area contributed by atoms with E-state index in [4.69, 9.17) is 4.98 Å². The monoisotopic (exact) mass is 276 g/mol. The van der Waals surface area contributed by atoms with Crippen LogP contribution in [-0.4, -0.2) is 9.55 Å². The second-order valence-electron chi connectivity index (χ2n) is 6.30. The van der Waals surface area contributed by atoms with Gasteiger partial charge in [-0.3, -0.25) is 0 Å². The second kappa shape index (κ2) is 4.45. The van der Waals surface area contributed by atoms with Gasteiger partial charge in [0, 0.05) is 6.42 Å². The third kappa shape index (κ3) is 1.90. The van der Waals surface area contributed by atoms with Crippen molar-refractivity contribution in [3.8, 4) is 0 Å². The molecule has 0 spiro atoms. The number of aryl methyl sites for hydroxylation is 4. The number of fused-ring (bicyclic) bond motifs is 3. The minimum Gasteiger partial charge on any atom is -0.320 e. The predicted octanol–water partition coefficient (Wildman–Crippen LogP) is 4.50. The van der Waals surface area contributed by atoms with Crippen molar-refractivity contribution in [2.24, 2.45) is 0 Å². The Kier molecular flexibility index (Phi) is 2.68. The maximum atomic E-state index is 4.83. The first-order valence-electron chi connectivity index (χ1n) is 7.68. The van der Waals surface area contributed by atoms with Crippen LogP contribution in [-0.2, 0) is 6.42 Å². The zero-order valence-electron chi connectivity index (χ0n) is 12.9. The van der Waals surface area contributed by atoms with Gasteiger partial charge in [-0.1, -0.05) is 29.8 Å². The zero-order valence-corrected chi connectivity index (χ0v) is 12.9. The van der Waals surface area contributed by atoms with E-state index >= 15 is 0 Å². The molecule has 0 bridgehead atoms. The molecule has 0 radical (unpaired) electrons. The van der Waals surface area contributed by atoms with Crippen LogP contribution < -0.4 is 0 Å². The van der Waals surface area contributed by atoms with Crippen LogP contribution >= 0.6 is 0 Å². The highest BCUT2D eigenvalue weighted by atomic mass is 15.1. The topological polar surface area (TPSA) is 17.8 Å². The summed E-state index contributed by atoms with van der Waals surface area (Å²) in [4.78, 5) is 4.83. The van der Waals surface area contributed by atoms with Crippen molar-refractivity contribution in [3.05, 3.63) is 64.5 Å². The van der Waals surface area contributed by atoms with Crippen molar-refractivity contribution >= 4 is 11.0 Å². The van der Waals surface area contributed by atoms with Crippen LogP contribution in [0.1, 0.15) is 40.5 Å². The summed E-state index contributed by atoms with van der Waals surface area (Å²) < 4.78 is 2.46. The number of benzene rings is 2. The quantitative estimate of drug-likeness (QED) is 0.640. The minimum atomic E-state index is 0.437. The number of hydrogen-bond acceptors (Lipinski definition) is 1. The van der Waals surface area contributed by atoms with Crippen LogP contribution in [0.25, 0.3) is 11.0 Å². The Morgan fingerprint density at radius 1 is 1.00 bits per heavy atom. The molecule has 0 N–H and O–H groups in total. The van der Waals surface area contributed by atoms with E-state index in [2.05, 4.69) is 61.7 Å². The molecule has 0 saturated heterocycles. The molecule has 1 aliphatic heterocycles. The maximum Gasteiger partial charge on any atom is 0.110 e. The van der Waals surface area contributed by atoms with Crippen molar-refractivity contribution in [1.82, 2.24) is 9.55 Å². The summed E-state index contributed by atoms with van der Waals surface area (Å²) in [5, 5.41) is 0. The van der Waals surface area contributed by atoms with Crippen molar-refractivity contribution in [2.75, 3.05) is 0 Å². The van der Waals surface area contributed by atoms with Crippen molar-refractivity contribution in [3.63, 3.8) is 0 Å². The molecule has 1 unspecified atom stereocenters. The van der Waals surface area contributed by atoms with Crippen LogP contribution in [0.2, 0.25) is 0 Å². The Labute approximate surface area is 125 Å². The number of nitrogens with zero attached hydrogens (tertiary/aromatic N) is 2. The van der Waals surface area contributed by atoms with E-state index in [0.717, 1.165) is 18.4 Å². The van der Waals surface area contributed by atoms with Gasteiger partial charge in [0.15, 0.2) is 0 Å². The van der Waals surface area contributed by atoms with Gasteiger partial charge in [0.05, 0.1) is 17.1 Å². The van der Waals surface area contributed by atoms with Gasteiger partial charge in [0.2, 0.25) is 0 Å². The fraction of sp³-hybridized carbons (Fsp3) is 0.316. The fourth-order valence-corrected chi connectivity index (χ4v) is 3.59. The Hall–Kier alpha value is -2.09. The van der Waals surface area contributed by atoms with E-state index in [9.17, 15) is 0 Å². The summed E-state index contributed by atoms with van der Waals surface area (Å²) >= 11 is 0. The molecule has 2 nitrogen and oxygen atoms in total. The normalized spacial score (nSPS) is 17.4. The number of hydrogen-bond donors (Lipinski definition) is 0. The largest absolute Gasteiger partial charge is 0.320 e. The Morgan fingerprint density at radius 2 is 1.76 bits per heavy atom. The molecule has 106 valence electrons. The van der Waals surface area contributed by atoms with Crippen molar-refractivity contribution in [1.29, 1.82) is 0 Å². The van der Waals surface area contributed by atoms with E-state index in [0.29, 0.717) is 6.04 Å². The highest BCUT2D eigenvalue weighted by Crippen LogP contribution is 2.37. The lowest BCUT2D eigenvalue weighted by atomic mass is 9.97. The van der Waals surface area contributed by atoms with Crippen LogP contribution in [0.4, 0.5) is 0 Å². The van der Waals surface area contributed by atoms with E-state index in [1.54, 1.807) is 0 Å². The van der Waals surface area contributed by atoms with E-state index in [1.807, 2.05) is 0 Å². The van der Waals surface area contributed by atoms with Gasteiger partial charge in [-0.15, -0.1) is 0 Å². The van der Waals surface area contributed by atoms with Gasteiger partial charge in [-0.2, -0.15) is 0 Å². The highest BCUT2D eigenvalue weighted by molar-refractivity contribution is 5.77. The molecule has 1 aliphatic rings. The third-order valence-electron chi connectivity index (χ3n) is 4.66. The predicted molar refractivity (Wildman–Crippen MR) is 86.8 cm³/mol. The molecular weight excluding hydrogens is 256 g/mol.